The van der Waals surface area contributed by atoms with Crippen molar-refractivity contribution >= 4 is 12.0 Å². The maximum absolute atomic E-state index is 12.2. The summed E-state index contributed by atoms with van der Waals surface area (Å²) in [6.45, 7) is 8.63. The van der Waals surface area contributed by atoms with Gasteiger partial charge in [-0.2, -0.15) is 0 Å². The van der Waals surface area contributed by atoms with Crippen molar-refractivity contribution in [1.29, 1.82) is 0 Å². The first-order valence-electron chi connectivity index (χ1n) is 8.64. The largest absolute Gasteiger partial charge is 0.444 e. The van der Waals surface area contributed by atoms with E-state index in [1.165, 1.54) is 0 Å². The lowest BCUT2D eigenvalue weighted by Gasteiger charge is -2.26. The normalized spacial score (nSPS) is 11.1. The van der Waals surface area contributed by atoms with Crippen molar-refractivity contribution in [2.45, 2.75) is 33.3 Å². The van der Waals surface area contributed by atoms with Gasteiger partial charge in [0, 0.05) is 43.3 Å². The first-order valence-corrected chi connectivity index (χ1v) is 8.64. The first-order chi connectivity index (χ1) is 12.3. The van der Waals surface area contributed by atoms with E-state index in [-0.39, 0.29) is 12.0 Å². The molecule has 1 aromatic heterocycles. The number of imidazole rings is 1. The summed E-state index contributed by atoms with van der Waals surface area (Å²) in [4.78, 5) is 29.9. The Labute approximate surface area is 154 Å². The predicted molar refractivity (Wildman–Crippen MR) is 99.4 cm³/mol. The average molecular weight is 358 g/mol. The monoisotopic (exact) mass is 358 g/mol. The molecule has 1 aromatic carbocycles. The zero-order valence-electron chi connectivity index (χ0n) is 15.7. The van der Waals surface area contributed by atoms with Crippen molar-refractivity contribution in [1.82, 2.24) is 19.8 Å². The van der Waals surface area contributed by atoms with E-state index < -0.39 is 5.60 Å². The van der Waals surface area contributed by atoms with Crippen molar-refractivity contribution in [3.05, 3.63) is 48.5 Å². The van der Waals surface area contributed by atoms with Crippen LogP contribution in [0.1, 0.15) is 38.1 Å². The molecule has 2 amide bonds. The molecule has 2 rings (SSSR count). The van der Waals surface area contributed by atoms with Crippen LogP contribution >= 0.6 is 0 Å². The SMILES string of the molecule is CCN(CCNC(=O)c1ccc(-n2ccnc2)cc1)C(=O)OC(C)(C)C. The van der Waals surface area contributed by atoms with E-state index in [9.17, 15) is 9.59 Å². The van der Waals surface area contributed by atoms with Gasteiger partial charge in [-0.25, -0.2) is 9.78 Å². The summed E-state index contributed by atoms with van der Waals surface area (Å²) >= 11 is 0. The van der Waals surface area contributed by atoms with Crippen molar-refractivity contribution in [2.75, 3.05) is 19.6 Å². The van der Waals surface area contributed by atoms with E-state index in [2.05, 4.69) is 10.3 Å². The third kappa shape index (κ3) is 5.61. The Kier molecular flexibility index (Phi) is 6.38. The van der Waals surface area contributed by atoms with Crippen LogP contribution in [0.4, 0.5) is 4.79 Å². The molecule has 7 heteroatoms. The smallest absolute Gasteiger partial charge is 0.410 e. The minimum atomic E-state index is -0.537. The Hall–Kier alpha value is -2.83. The summed E-state index contributed by atoms with van der Waals surface area (Å²) in [5.74, 6) is -0.178. The molecular weight excluding hydrogens is 332 g/mol. The molecule has 0 aliphatic heterocycles. The standard InChI is InChI=1S/C19H26N4O3/c1-5-22(18(25)26-19(2,3)4)13-11-21-17(24)15-6-8-16(9-7-15)23-12-10-20-14-23/h6-10,12,14H,5,11,13H2,1-4H3,(H,21,24). The number of aromatic nitrogens is 2. The number of carbonyl (C=O) groups excluding carboxylic acids is 2. The zero-order chi connectivity index (χ0) is 19.2. The van der Waals surface area contributed by atoms with Crippen molar-refractivity contribution in [3.8, 4) is 5.69 Å². The molecule has 0 radical (unpaired) electrons. The average Bonchev–Trinajstić information content (AvgIpc) is 3.11. The number of ether oxygens (including phenoxy) is 1. The highest BCUT2D eigenvalue weighted by Crippen LogP contribution is 2.10. The molecule has 0 saturated heterocycles. The number of likely N-dealkylation sites (N-methyl/N-ethyl adjacent to an activating group) is 1. The van der Waals surface area contributed by atoms with Gasteiger partial charge >= 0.3 is 6.09 Å². The number of amides is 2. The molecule has 0 atom stereocenters. The topological polar surface area (TPSA) is 76.5 Å². The molecule has 2 aromatic rings. The summed E-state index contributed by atoms with van der Waals surface area (Å²) in [6, 6.07) is 7.23. The first kappa shape index (κ1) is 19.5. The van der Waals surface area contributed by atoms with Crippen LogP contribution in [0.2, 0.25) is 0 Å². The highest BCUT2D eigenvalue weighted by atomic mass is 16.6. The van der Waals surface area contributed by atoms with Gasteiger partial charge in [0.25, 0.3) is 5.91 Å². The van der Waals surface area contributed by atoms with Gasteiger partial charge in [0.2, 0.25) is 0 Å². The lowest BCUT2D eigenvalue weighted by molar-refractivity contribution is 0.0261. The maximum Gasteiger partial charge on any atom is 0.410 e. The van der Waals surface area contributed by atoms with Gasteiger partial charge < -0.3 is 19.5 Å². The molecule has 26 heavy (non-hydrogen) atoms. The summed E-state index contributed by atoms with van der Waals surface area (Å²) in [6.07, 6.45) is 4.86. The molecule has 140 valence electrons. The Morgan fingerprint density at radius 2 is 1.92 bits per heavy atom. The van der Waals surface area contributed by atoms with Crippen LogP contribution in [-0.2, 0) is 4.74 Å². The third-order valence-electron chi connectivity index (χ3n) is 3.63. The zero-order valence-corrected chi connectivity index (χ0v) is 15.7. The van der Waals surface area contributed by atoms with Crippen molar-refractivity contribution < 1.29 is 14.3 Å². The number of rotatable bonds is 6. The number of hydrogen-bond acceptors (Lipinski definition) is 4. The molecule has 1 N–H and O–H groups in total. The molecule has 7 nitrogen and oxygen atoms in total. The highest BCUT2D eigenvalue weighted by Gasteiger charge is 2.20. The van der Waals surface area contributed by atoms with Crippen LogP contribution in [0.5, 0.6) is 0 Å². The Morgan fingerprint density at radius 1 is 1.23 bits per heavy atom. The van der Waals surface area contributed by atoms with E-state index in [0.29, 0.717) is 25.2 Å². The van der Waals surface area contributed by atoms with Crippen LogP contribution in [0.15, 0.2) is 43.0 Å². The van der Waals surface area contributed by atoms with Gasteiger partial charge in [0.05, 0.1) is 6.33 Å². The van der Waals surface area contributed by atoms with Crippen LogP contribution < -0.4 is 5.32 Å². The van der Waals surface area contributed by atoms with Crippen LogP contribution in [-0.4, -0.2) is 51.7 Å². The number of benzene rings is 1. The van der Waals surface area contributed by atoms with Crippen LogP contribution in [0, 0.1) is 0 Å². The minimum Gasteiger partial charge on any atom is -0.444 e. The lowest BCUT2D eigenvalue weighted by atomic mass is 10.2. The molecule has 1 heterocycles. The predicted octanol–water partition coefficient (Wildman–Crippen LogP) is 2.86. The number of hydrogen-bond donors (Lipinski definition) is 1. The molecule has 0 unspecified atom stereocenters. The molecule has 0 fully saturated rings. The second-order valence-corrected chi connectivity index (χ2v) is 6.83. The van der Waals surface area contributed by atoms with Crippen molar-refractivity contribution in [2.24, 2.45) is 0 Å². The second-order valence-electron chi connectivity index (χ2n) is 6.83. The van der Waals surface area contributed by atoms with Gasteiger partial charge in [-0.3, -0.25) is 4.79 Å². The number of carbonyl (C=O) groups is 2. The van der Waals surface area contributed by atoms with Gasteiger partial charge in [0.15, 0.2) is 0 Å². The summed E-state index contributed by atoms with van der Waals surface area (Å²) < 4.78 is 7.21. The van der Waals surface area contributed by atoms with Gasteiger partial charge in [-0.15, -0.1) is 0 Å². The Morgan fingerprint density at radius 3 is 2.46 bits per heavy atom. The maximum atomic E-state index is 12.2. The van der Waals surface area contributed by atoms with E-state index >= 15 is 0 Å². The quantitative estimate of drug-likeness (QED) is 0.861. The number of nitrogens with one attached hydrogen (secondary N) is 1. The molecule has 0 bridgehead atoms. The molecular formula is C19H26N4O3. The fourth-order valence-electron chi connectivity index (χ4n) is 2.31. The van der Waals surface area contributed by atoms with Gasteiger partial charge in [-0.1, -0.05) is 0 Å². The third-order valence-corrected chi connectivity index (χ3v) is 3.63. The summed E-state index contributed by atoms with van der Waals surface area (Å²) in [5, 5.41) is 2.83. The Balaban J connectivity index is 1.85. The summed E-state index contributed by atoms with van der Waals surface area (Å²) in [7, 11) is 0. The molecule has 0 aliphatic carbocycles. The Bertz CT molecular complexity index is 718. The van der Waals surface area contributed by atoms with E-state index in [0.717, 1.165) is 5.69 Å². The fourth-order valence-corrected chi connectivity index (χ4v) is 2.31. The number of nitrogens with zero attached hydrogens (tertiary/aromatic N) is 3. The molecule has 0 aliphatic rings. The van der Waals surface area contributed by atoms with E-state index in [1.807, 2.05) is 50.6 Å². The fraction of sp³-hybridized carbons (Fsp3) is 0.421. The second kappa shape index (κ2) is 8.51. The lowest BCUT2D eigenvalue weighted by Crippen LogP contribution is -2.41. The minimum absolute atomic E-state index is 0.178. The van der Waals surface area contributed by atoms with Crippen molar-refractivity contribution in [3.63, 3.8) is 0 Å². The molecule has 0 saturated carbocycles. The van der Waals surface area contributed by atoms with Gasteiger partial charge in [0.1, 0.15) is 5.60 Å². The van der Waals surface area contributed by atoms with Gasteiger partial charge in [-0.05, 0) is 52.0 Å². The van der Waals surface area contributed by atoms with Crippen LogP contribution in [0.3, 0.4) is 0 Å². The highest BCUT2D eigenvalue weighted by molar-refractivity contribution is 5.94. The van der Waals surface area contributed by atoms with E-state index in [1.54, 1.807) is 29.6 Å². The van der Waals surface area contributed by atoms with Crippen LogP contribution in [0.25, 0.3) is 5.69 Å². The van der Waals surface area contributed by atoms with E-state index in [4.69, 9.17) is 4.74 Å². The molecule has 0 spiro atoms. The summed E-state index contributed by atoms with van der Waals surface area (Å²) in [5.41, 5.74) is 0.959.